The third-order valence-corrected chi connectivity index (χ3v) is 6.42. The molecule has 25 heavy (non-hydrogen) atoms. The Hall–Kier alpha value is -1.96. The number of carboxylic acid groups (broad SMARTS) is 1. The van der Waals surface area contributed by atoms with Crippen molar-refractivity contribution in [3.05, 3.63) is 47.0 Å². The summed E-state index contributed by atoms with van der Waals surface area (Å²) in [7, 11) is 0. The minimum absolute atomic E-state index is 0.0236. The third-order valence-electron chi connectivity index (χ3n) is 3.91. The molecule has 2 aromatic carbocycles. The Balaban J connectivity index is 2.08. The molecule has 0 spiro atoms. The van der Waals surface area contributed by atoms with E-state index in [1.165, 1.54) is 46.7 Å². The maximum atomic E-state index is 11.8. The largest absolute Gasteiger partial charge is 0.478 e. The molecule has 2 aromatic rings. The molecule has 0 fully saturated rings. The molecule has 7 heteroatoms. The number of carboxylic acids is 1. The summed E-state index contributed by atoms with van der Waals surface area (Å²) in [5.74, 6) is -2.04. The minimum atomic E-state index is -1.21. The van der Waals surface area contributed by atoms with Crippen LogP contribution in [0.2, 0.25) is 0 Å². The van der Waals surface area contributed by atoms with Crippen LogP contribution in [0.15, 0.2) is 49.9 Å². The highest BCUT2D eigenvalue weighted by molar-refractivity contribution is 8.05. The fourth-order valence-electron chi connectivity index (χ4n) is 2.52. The highest BCUT2D eigenvalue weighted by atomic mass is 32.2. The fraction of sp³-hybridized carbons (Fsp3) is 0.222. The number of hydrogen-bond acceptors (Lipinski definition) is 5. The van der Waals surface area contributed by atoms with Gasteiger partial charge in [-0.3, -0.25) is 10.0 Å². The molecule has 1 aliphatic heterocycles. The lowest BCUT2D eigenvalue weighted by molar-refractivity contribution is 0.0661. The predicted molar refractivity (Wildman–Crippen MR) is 96.0 cm³/mol. The Bertz CT molecular complexity index is 887. The van der Waals surface area contributed by atoms with Gasteiger partial charge in [0.2, 0.25) is 0 Å². The average molecular weight is 375 g/mol. The van der Waals surface area contributed by atoms with Crippen molar-refractivity contribution in [3.8, 4) is 0 Å². The normalized spacial score (nSPS) is 13.0. The Morgan fingerprint density at radius 2 is 1.48 bits per heavy atom. The summed E-state index contributed by atoms with van der Waals surface area (Å²) < 4.78 is 0. The van der Waals surface area contributed by atoms with Crippen LogP contribution >= 0.6 is 23.5 Å². The first-order valence-electron chi connectivity index (χ1n) is 7.56. The monoisotopic (exact) mass is 375 g/mol. The molecule has 0 aliphatic carbocycles. The number of fused-ring (bicyclic) bond motifs is 2. The van der Waals surface area contributed by atoms with Gasteiger partial charge in [-0.15, -0.1) is 0 Å². The van der Waals surface area contributed by atoms with Crippen LogP contribution in [-0.4, -0.2) is 22.2 Å². The Labute approximate surface area is 153 Å². The molecule has 5 nitrogen and oxygen atoms in total. The molecular formula is C18H17NO4S2. The lowest BCUT2D eigenvalue weighted by atomic mass is 9.87. The zero-order valence-electron chi connectivity index (χ0n) is 13.9. The van der Waals surface area contributed by atoms with E-state index in [4.69, 9.17) is 5.21 Å². The maximum Gasteiger partial charge on any atom is 0.336 e. The second-order valence-corrected chi connectivity index (χ2v) is 8.87. The Morgan fingerprint density at radius 1 is 0.920 bits per heavy atom. The van der Waals surface area contributed by atoms with E-state index >= 15 is 0 Å². The van der Waals surface area contributed by atoms with E-state index in [-0.39, 0.29) is 16.5 Å². The summed E-state index contributed by atoms with van der Waals surface area (Å²) >= 11 is 2.98. The lowest BCUT2D eigenvalue weighted by Crippen LogP contribution is -2.22. The van der Waals surface area contributed by atoms with Gasteiger partial charge in [-0.1, -0.05) is 50.4 Å². The van der Waals surface area contributed by atoms with Crippen molar-refractivity contribution in [2.75, 3.05) is 0 Å². The zero-order valence-corrected chi connectivity index (χ0v) is 15.5. The number of aromatic carboxylic acids is 1. The lowest BCUT2D eigenvalue weighted by Gasteiger charge is -2.24. The van der Waals surface area contributed by atoms with Crippen LogP contribution in [0.3, 0.4) is 0 Å². The summed E-state index contributed by atoms with van der Waals surface area (Å²) in [6, 6.07) is 9.28. The van der Waals surface area contributed by atoms with E-state index in [1.54, 1.807) is 0 Å². The van der Waals surface area contributed by atoms with Crippen molar-refractivity contribution in [1.29, 1.82) is 0 Å². The van der Waals surface area contributed by atoms with Crippen LogP contribution in [0.25, 0.3) is 0 Å². The summed E-state index contributed by atoms with van der Waals surface area (Å²) in [6.45, 7) is 6.43. The predicted octanol–water partition coefficient (Wildman–Crippen LogP) is 4.42. The topological polar surface area (TPSA) is 86.6 Å². The van der Waals surface area contributed by atoms with Crippen LogP contribution in [0.4, 0.5) is 0 Å². The molecule has 3 N–H and O–H groups in total. The molecular weight excluding hydrogens is 358 g/mol. The first-order valence-corrected chi connectivity index (χ1v) is 9.20. The van der Waals surface area contributed by atoms with E-state index in [2.05, 4.69) is 32.9 Å². The minimum Gasteiger partial charge on any atom is -0.478 e. The highest BCUT2D eigenvalue weighted by Crippen LogP contribution is 2.50. The molecule has 3 rings (SSSR count). The smallest absolute Gasteiger partial charge is 0.336 e. The number of hydroxylamine groups is 1. The summed E-state index contributed by atoms with van der Waals surface area (Å²) in [4.78, 5) is 27.0. The van der Waals surface area contributed by atoms with E-state index in [1.807, 2.05) is 6.07 Å². The van der Waals surface area contributed by atoms with Gasteiger partial charge in [-0.05, 0) is 35.2 Å². The molecule has 1 aliphatic rings. The van der Waals surface area contributed by atoms with E-state index in [0.717, 1.165) is 19.6 Å². The molecule has 0 radical (unpaired) electrons. The number of amides is 1. The van der Waals surface area contributed by atoms with Gasteiger partial charge >= 0.3 is 5.97 Å². The molecule has 130 valence electrons. The molecule has 0 saturated heterocycles. The zero-order chi connectivity index (χ0) is 18.4. The van der Waals surface area contributed by atoms with Crippen LogP contribution in [0.5, 0.6) is 0 Å². The Kier molecular flexibility index (Phi) is 4.57. The highest BCUT2D eigenvalue weighted by Gasteiger charge is 2.25. The summed E-state index contributed by atoms with van der Waals surface area (Å²) in [5.41, 5.74) is 2.55. The van der Waals surface area contributed by atoms with E-state index in [0.29, 0.717) is 0 Å². The van der Waals surface area contributed by atoms with Gasteiger partial charge in [0, 0.05) is 19.6 Å². The third kappa shape index (κ3) is 3.40. The van der Waals surface area contributed by atoms with Crippen LogP contribution < -0.4 is 5.48 Å². The second kappa shape index (κ2) is 6.40. The fourth-order valence-corrected chi connectivity index (χ4v) is 4.82. The number of benzene rings is 2. The van der Waals surface area contributed by atoms with Gasteiger partial charge in [-0.2, -0.15) is 0 Å². The van der Waals surface area contributed by atoms with Gasteiger partial charge < -0.3 is 5.11 Å². The van der Waals surface area contributed by atoms with Crippen LogP contribution in [0.1, 0.15) is 47.1 Å². The van der Waals surface area contributed by atoms with Crippen molar-refractivity contribution < 1.29 is 19.9 Å². The number of carbonyl (C=O) groups excluding carboxylic acids is 1. The SMILES string of the molecule is CC(C)(C)c1ccc2c(c1)Sc1cc(C(=O)O)c(C(=O)NO)cc1S2. The average Bonchev–Trinajstić information content (AvgIpc) is 2.56. The molecule has 0 saturated carbocycles. The van der Waals surface area contributed by atoms with Crippen molar-refractivity contribution in [2.45, 2.75) is 45.8 Å². The molecule has 0 atom stereocenters. The number of rotatable bonds is 2. The number of nitrogens with one attached hydrogen (secondary N) is 1. The van der Waals surface area contributed by atoms with Crippen LogP contribution in [0, 0.1) is 0 Å². The summed E-state index contributed by atoms with van der Waals surface area (Å²) in [5, 5.41) is 18.2. The molecule has 0 aromatic heterocycles. The van der Waals surface area contributed by atoms with Crippen molar-refractivity contribution in [3.63, 3.8) is 0 Å². The number of hydrogen-bond donors (Lipinski definition) is 3. The quantitative estimate of drug-likeness (QED) is 0.454. The van der Waals surface area contributed by atoms with E-state index in [9.17, 15) is 14.7 Å². The first kappa shape index (κ1) is 17.8. The second-order valence-electron chi connectivity index (χ2n) is 6.71. The molecule has 1 amide bonds. The van der Waals surface area contributed by atoms with E-state index < -0.39 is 11.9 Å². The molecule has 0 bridgehead atoms. The standard InChI is InChI=1S/C18H17NO4S2/c1-18(2,3)9-4-5-12-13(6-9)25-15-8-11(17(21)22)10(16(20)19-23)7-14(15)24-12/h4-8,23H,1-3H3,(H,19,20)(H,21,22). The van der Waals surface area contributed by atoms with Gasteiger partial charge in [0.1, 0.15) is 0 Å². The number of carbonyl (C=O) groups is 2. The molecule has 0 unspecified atom stereocenters. The van der Waals surface area contributed by atoms with Gasteiger partial charge in [0.25, 0.3) is 5.91 Å². The van der Waals surface area contributed by atoms with Gasteiger partial charge in [0.15, 0.2) is 0 Å². The molecule has 1 heterocycles. The van der Waals surface area contributed by atoms with Crippen molar-refractivity contribution in [2.24, 2.45) is 0 Å². The summed E-state index contributed by atoms with van der Waals surface area (Å²) in [6.07, 6.45) is 0. The van der Waals surface area contributed by atoms with Crippen molar-refractivity contribution >= 4 is 35.4 Å². The van der Waals surface area contributed by atoms with Gasteiger partial charge in [0.05, 0.1) is 11.1 Å². The van der Waals surface area contributed by atoms with Crippen molar-refractivity contribution in [1.82, 2.24) is 5.48 Å². The van der Waals surface area contributed by atoms with Crippen LogP contribution in [-0.2, 0) is 5.41 Å². The Morgan fingerprint density at radius 3 is 2.04 bits per heavy atom. The van der Waals surface area contributed by atoms with Gasteiger partial charge in [-0.25, -0.2) is 10.3 Å². The maximum absolute atomic E-state index is 11.8. The first-order chi connectivity index (χ1) is 11.7.